The van der Waals surface area contributed by atoms with Crippen molar-refractivity contribution in [3.05, 3.63) is 72.0 Å². The highest BCUT2D eigenvalue weighted by Gasteiger charge is 2.20. The summed E-state index contributed by atoms with van der Waals surface area (Å²) in [6.45, 7) is 0. The Morgan fingerprint density at radius 3 is 2.68 bits per heavy atom. The summed E-state index contributed by atoms with van der Waals surface area (Å²) in [7, 11) is -2.44. The zero-order valence-corrected chi connectivity index (χ0v) is 15.5. The van der Waals surface area contributed by atoms with E-state index in [1.165, 1.54) is 43.7 Å². The average molecular weight is 398 g/mol. The second kappa shape index (κ2) is 6.97. The molecule has 3 aromatic rings. The van der Waals surface area contributed by atoms with Crippen LogP contribution in [0, 0.1) is 5.82 Å². The van der Waals surface area contributed by atoms with Gasteiger partial charge in [-0.2, -0.15) is 0 Å². The number of ether oxygens (including phenoxy) is 2. The van der Waals surface area contributed by atoms with E-state index in [-0.39, 0.29) is 16.1 Å². The van der Waals surface area contributed by atoms with Gasteiger partial charge in [-0.1, -0.05) is 18.2 Å². The summed E-state index contributed by atoms with van der Waals surface area (Å²) in [5.74, 6) is 0.565. The highest BCUT2D eigenvalue weighted by atomic mass is 32.2. The molecule has 142 valence electrons. The molecule has 1 N–H and O–H groups in total. The van der Waals surface area contributed by atoms with Crippen LogP contribution in [0.5, 0.6) is 17.2 Å². The lowest BCUT2D eigenvalue weighted by Gasteiger charge is -2.13. The minimum atomic E-state index is -3.90. The van der Waals surface area contributed by atoms with Gasteiger partial charge in [-0.25, -0.2) is 12.8 Å². The average Bonchev–Trinajstić information content (AvgIpc) is 2.87. The summed E-state index contributed by atoms with van der Waals surface area (Å²) in [5, 5.41) is 0. The molecule has 8 heteroatoms. The van der Waals surface area contributed by atoms with Crippen LogP contribution in [-0.2, 0) is 10.0 Å². The van der Waals surface area contributed by atoms with Crippen molar-refractivity contribution in [2.75, 3.05) is 11.8 Å². The van der Waals surface area contributed by atoms with Crippen molar-refractivity contribution in [3.63, 3.8) is 0 Å². The van der Waals surface area contributed by atoms with Crippen LogP contribution in [-0.4, -0.2) is 21.7 Å². The van der Waals surface area contributed by atoms with Gasteiger partial charge in [0.05, 0.1) is 23.3 Å². The summed E-state index contributed by atoms with van der Waals surface area (Å²) in [6.07, 6.45) is 1.32. The molecule has 0 spiro atoms. The van der Waals surface area contributed by atoms with Crippen LogP contribution in [0.3, 0.4) is 0 Å². The largest absolute Gasteiger partial charge is 0.495 e. The first-order chi connectivity index (χ1) is 13.5. The summed E-state index contributed by atoms with van der Waals surface area (Å²) in [5.41, 5.74) is 0.794. The Bertz CT molecular complexity index is 1190. The maximum Gasteiger partial charge on any atom is 0.262 e. The minimum absolute atomic E-state index is 0.00988. The zero-order valence-electron chi connectivity index (χ0n) is 14.7. The van der Waals surface area contributed by atoms with E-state index in [9.17, 15) is 12.8 Å². The lowest BCUT2D eigenvalue weighted by molar-refractivity contribution is 0.417. The normalized spacial score (nSPS) is 12.4. The van der Waals surface area contributed by atoms with E-state index in [2.05, 4.69) is 9.71 Å². The van der Waals surface area contributed by atoms with E-state index in [1.54, 1.807) is 30.3 Å². The molecule has 4 rings (SSSR count). The third-order valence-electron chi connectivity index (χ3n) is 4.16. The summed E-state index contributed by atoms with van der Waals surface area (Å²) in [4.78, 5) is 4.19. The smallest absolute Gasteiger partial charge is 0.262 e. The van der Waals surface area contributed by atoms with Crippen molar-refractivity contribution in [2.24, 2.45) is 4.99 Å². The number of methoxy groups -OCH3 is 1. The molecule has 0 bridgehead atoms. The Morgan fingerprint density at radius 2 is 1.86 bits per heavy atom. The minimum Gasteiger partial charge on any atom is -0.495 e. The molecule has 0 amide bonds. The van der Waals surface area contributed by atoms with E-state index >= 15 is 0 Å². The van der Waals surface area contributed by atoms with Crippen LogP contribution in [0.2, 0.25) is 0 Å². The van der Waals surface area contributed by atoms with Gasteiger partial charge >= 0.3 is 0 Å². The predicted octanol–water partition coefficient (Wildman–Crippen LogP) is 4.49. The third kappa shape index (κ3) is 3.29. The van der Waals surface area contributed by atoms with Gasteiger partial charge in [0, 0.05) is 6.21 Å². The molecule has 0 saturated heterocycles. The number of nitrogens with one attached hydrogen (secondary N) is 1. The van der Waals surface area contributed by atoms with Crippen molar-refractivity contribution in [1.82, 2.24) is 0 Å². The Labute approximate surface area is 161 Å². The van der Waals surface area contributed by atoms with Gasteiger partial charge in [-0.05, 0) is 42.5 Å². The molecular weight excluding hydrogens is 383 g/mol. The fourth-order valence-electron chi connectivity index (χ4n) is 2.77. The zero-order chi connectivity index (χ0) is 19.7. The Balaban J connectivity index is 1.70. The lowest BCUT2D eigenvalue weighted by atomic mass is 10.2. The lowest BCUT2D eigenvalue weighted by Crippen LogP contribution is -2.13. The van der Waals surface area contributed by atoms with Crippen LogP contribution in [0.4, 0.5) is 15.8 Å². The van der Waals surface area contributed by atoms with E-state index in [4.69, 9.17) is 9.47 Å². The van der Waals surface area contributed by atoms with Gasteiger partial charge in [0.1, 0.15) is 23.0 Å². The molecule has 1 heterocycles. The second-order valence-corrected chi connectivity index (χ2v) is 7.63. The molecule has 0 unspecified atom stereocenters. The first kappa shape index (κ1) is 18.0. The number of rotatable bonds is 4. The molecule has 0 atom stereocenters. The van der Waals surface area contributed by atoms with Gasteiger partial charge < -0.3 is 9.47 Å². The number of hydrogen-bond donors (Lipinski definition) is 1. The first-order valence-electron chi connectivity index (χ1n) is 8.28. The highest BCUT2D eigenvalue weighted by Crippen LogP contribution is 2.38. The van der Waals surface area contributed by atoms with Crippen molar-refractivity contribution >= 4 is 27.6 Å². The van der Waals surface area contributed by atoms with Crippen LogP contribution < -0.4 is 14.2 Å². The number of sulfonamides is 1. The Hall–Kier alpha value is -3.39. The van der Waals surface area contributed by atoms with E-state index < -0.39 is 15.8 Å². The first-order valence-corrected chi connectivity index (χ1v) is 9.76. The molecule has 1 aliphatic rings. The van der Waals surface area contributed by atoms with E-state index in [1.807, 2.05) is 0 Å². The maximum absolute atomic E-state index is 14.0. The Kier molecular flexibility index (Phi) is 4.48. The standard InChI is InChI=1S/C20H15FN2O4S/c1-26-19-7-3-2-6-16(19)23-28(24,25)13-9-10-20-17(11-13)22-12-14-15(21)5-4-8-18(14)27-20/h2-12,23H,1H3. The molecule has 6 nitrogen and oxygen atoms in total. The topological polar surface area (TPSA) is 77.0 Å². The van der Waals surface area contributed by atoms with Crippen LogP contribution in [0.1, 0.15) is 5.56 Å². The molecule has 1 aliphatic heterocycles. The molecule has 28 heavy (non-hydrogen) atoms. The number of nitrogens with zero attached hydrogens (tertiary/aromatic N) is 1. The fourth-order valence-corrected chi connectivity index (χ4v) is 3.86. The molecule has 0 aromatic heterocycles. The molecule has 0 fully saturated rings. The third-order valence-corrected chi connectivity index (χ3v) is 5.52. The number of halogens is 1. The van der Waals surface area contributed by atoms with Crippen LogP contribution in [0.15, 0.2) is 70.6 Å². The summed E-state index contributed by atoms with van der Waals surface area (Å²) >= 11 is 0. The Morgan fingerprint density at radius 1 is 1.04 bits per heavy atom. The summed E-state index contributed by atoms with van der Waals surface area (Å²) < 4.78 is 52.9. The van der Waals surface area contributed by atoms with Crippen LogP contribution >= 0.6 is 0 Å². The molecule has 0 radical (unpaired) electrons. The van der Waals surface area contributed by atoms with Crippen molar-refractivity contribution in [3.8, 4) is 17.2 Å². The van der Waals surface area contributed by atoms with E-state index in [0.717, 1.165) is 0 Å². The van der Waals surface area contributed by atoms with Crippen molar-refractivity contribution in [1.29, 1.82) is 0 Å². The van der Waals surface area contributed by atoms with Crippen molar-refractivity contribution < 1.29 is 22.3 Å². The number of para-hydroxylation sites is 2. The van der Waals surface area contributed by atoms with Gasteiger partial charge in [0.25, 0.3) is 10.0 Å². The quantitative estimate of drug-likeness (QED) is 0.549. The number of fused-ring (bicyclic) bond motifs is 2. The second-order valence-electron chi connectivity index (χ2n) is 5.95. The maximum atomic E-state index is 14.0. The van der Waals surface area contributed by atoms with Gasteiger partial charge in [-0.15, -0.1) is 0 Å². The van der Waals surface area contributed by atoms with Gasteiger partial charge in [0.15, 0.2) is 5.75 Å². The molecule has 3 aromatic carbocycles. The number of anilines is 1. The molecule has 0 saturated carbocycles. The molecular formula is C20H15FN2O4S. The SMILES string of the molecule is COc1ccccc1NS(=O)(=O)c1ccc2c(c1)N=Cc1c(F)cccc1O2. The van der Waals surface area contributed by atoms with Gasteiger partial charge in [-0.3, -0.25) is 9.71 Å². The number of aliphatic imine (C=N–C) groups is 1. The van der Waals surface area contributed by atoms with E-state index in [0.29, 0.717) is 22.9 Å². The van der Waals surface area contributed by atoms with Gasteiger partial charge in [0.2, 0.25) is 0 Å². The highest BCUT2D eigenvalue weighted by molar-refractivity contribution is 7.92. The monoisotopic (exact) mass is 398 g/mol. The van der Waals surface area contributed by atoms with Crippen LogP contribution in [0.25, 0.3) is 0 Å². The fraction of sp³-hybridized carbons (Fsp3) is 0.0500. The van der Waals surface area contributed by atoms with Crippen molar-refractivity contribution in [2.45, 2.75) is 4.90 Å². The predicted molar refractivity (Wildman–Crippen MR) is 104 cm³/mol. The number of hydrogen-bond acceptors (Lipinski definition) is 5. The number of benzene rings is 3. The molecule has 0 aliphatic carbocycles. The summed E-state index contributed by atoms with van der Waals surface area (Å²) in [6, 6.07) is 15.4.